The second kappa shape index (κ2) is 10.3. The molecule has 5 rings (SSSR count). The van der Waals surface area contributed by atoms with Crippen LogP contribution in [0.4, 0.5) is 0 Å². The maximum Gasteiger partial charge on any atom is 0.337 e. The lowest BCUT2D eigenvalue weighted by molar-refractivity contribution is -0.319. The first kappa shape index (κ1) is 30.4. The fourth-order valence-corrected chi connectivity index (χ4v) is 9.38. The Morgan fingerprint density at radius 1 is 1.15 bits per heavy atom. The van der Waals surface area contributed by atoms with Gasteiger partial charge in [-0.3, -0.25) is 4.79 Å². The molecule has 1 aromatic rings. The summed E-state index contributed by atoms with van der Waals surface area (Å²) in [5.41, 5.74) is -1.67. The van der Waals surface area contributed by atoms with Crippen molar-refractivity contribution in [2.45, 2.75) is 96.4 Å². The van der Waals surface area contributed by atoms with Crippen molar-refractivity contribution in [2.75, 3.05) is 20.8 Å². The molecule has 0 aromatic heterocycles. The SMILES string of the molecule is CNC(c1ccccc1)C(OC)C(=O)OC1CC2(O)[C@@H](C)C3C4(O)COC4CC[C@@]3(C)C(=O)[C@H](C)C(=C1C)C2(C)C. The van der Waals surface area contributed by atoms with Crippen molar-refractivity contribution in [2.24, 2.45) is 28.6 Å². The number of aliphatic hydroxyl groups is 2. The van der Waals surface area contributed by atoms with E-state index in [0.29, 0.717) is 12.8 Å². The summed E-state index contributed by atoms with van der Waals surface area (Å²) in [6.07, 6.45) is -0.661. The summed E-state index contributed by atoms with van der Waals surface area (Å²) in [7, 11) is 3.25. The highest BCUT2D eigenvalue weighted by atomic mass is 16.6. The molecular weight excluding hydrogens is 522 g/mol. The van der Waals surface area contributed by atoms with Crippen LogP contribution in [0, 0.1) is 28.6 Å². The lowest BCUT2D eigenvalue weighted by Gasteiger charge is -2.66. The van der Waals surface area contributed by atoms with Gasteiger partial charge in [-0.25, -0.2) is 4.79 Å². The van der Waals surface area contributed by atoms with E-state index in [1.54, 1.807) is 7.05 Å². The van der Waals surface area contributed by atoms with Gasteiger partial charge in [0.2, 0.25) is 0 Å². The monoisotopic (exact) mass is 569 g/mol. The quantitative estimate of drug-likeness (QED) is 0.351. The van der Waals surface area contributed by atoms with Gasteiger partial charge in [-0.1, -0.05) is 65.0 Å². The summed E-state index contributed by atoms with van der Waals surface area (Å²) in [6.45, 7) is 11.9. The van der Waals surface area contributed by atoms with Gasteiger partial charge in [-0.15, -0.1) is 0 Å². The minimum Gasteiger partial charge on any atom is -0.456 e. The molecule has 226 valence electrons. The molecule has 1 aromatic carbocycles. The summed E-state index contributed by atoms with van der Waals surface area (Å²) in [5, 5.41) is 27.9. The summed E-state index contributed by atoms with van der Waals surface area (Å²) in [4.78, 5) is 28.2. The number of methoxy groups -OCH3 is 1. The Balaban J connectivity index is 1.56. The summed E-state index contributed by atoms with van der Waals surface area (Å²) < 4.78 is 17.6. The minimum atomic E-state index is -1.37. The van der Waals surface area contributed by atoms with Gasteiger partial charge in [0.05, 0.1) is 24.4 Å². The molecule has 0 spiro atoms. The minimum absolute atomic E-state index is 0.0682. The first-order chi connectivity index (χ1) is 19.2. The number of hydrogen-bond acceptors (Lipinski definition) is 8. The molecule has 41 heavy (non-hydrogen) atoms. The second-order valence-electron chi connectivity index (χ2n) is 13.7. The van der Waals surface area contributed by atoms with Gasteiger partial charge in [0.25, 0.3) is 0 Å². The molecule has 3 N–H and O–H groups in total. The van der Waals surface area contributed by atoms with E-state index in [1.165, 1.54) is 7.11 Å². The highest BCUT2D eigenvalue weighted by Crippen LogP contribution is 2.65. The third-order valence-electron chi connectivity index (χ3n) is 11.5. The van der Waals surface area contributed by atoms with Crippen molar-refractivity contribution in [3.05, 3.63) is 47.0 Å². The molecule has 1 heterocycles. The molecule has 2 bridgehead atoms. The molecule has 3 fully saturated rings. The van der Waals surface area contributed by atoms with Crippen molar-refractivity contribution >= 4 is 11.8 Å². The van der Waals surface area contributed by atoms with Gasteiger partial charge in [0.15, 0.2) is 6.10 Å². The second-order valence-corrected chi connectivity index (χ2v) is 13.7. The van der Waals surface area contributed by atoms with Crippen LogP contribution in [0.1, 0.15) is 72.4 Å². The first-order valence-corrected chi connectivity index (χ1v) is 15.0. The Morgan fingerprint density at radius 3 is 2.37 bits per heavy atom. The number of esters is 1. The zero-order valence-corrected chi connectivity index (χ0v) is 25.7. The van der Waals surface area contributed by atoms with Crippen LogP contribution in [0.3, 0.4) is 0 Å². The van der Waals surface area contributed by atoms with Crippen molar-refractivity contribution in [1.82, 2.24) is 5.32 Å². The Labute approximate surface area is 243 Å². The van der Waals surface area contributed by atoms with Crippen molar-refractivity contribution < 1.29 is 34.0 Å². The van der Waals surface area contributed by atoms with Gasteiger partial charge < -0.3 is 29.7 Å². The lowest BCUT2D eigenvalue weighted by Crippen LogP contribution is -2.75. The van der Waals surface area contributed by atoms with Gasteiger partial charge in [0.1, 0.15) is 17.5 Å². The number of likely N-dealkylation sites (N-methyl/N-ethyl adjacent to an activating group) is 1. The number of rotatable bonds is 6. The van der Waals surface area contributed by atoms with Crippen molar-refractivity contribution in [3.8, 4) is 0 Å². The number of ether oxygens (including phenoxy) is 3. The standard InChI is InChI=1S/C33H47NO7/c1-18-22(41-29(36)26(39-8)25(34-7)21-12-10-9-11-13-21)16-33(38)20(3)27-31(6,15-14-23-32(27,37)17-40-23)28(35)19(2)24(18)30(33,4)5/h9-13,19-20,22-23,25-27,34,37-38H,14-17H2,1-8H3/t19-,20+,22?,23?,25?,26?,27?,31-,32?,33?/m1/s1. The number of hydrogen-bond donors (Lipinski definition) is 3. The zero-order valence-electron chi connectivity index (χ0n) is 25.7. The maximum atomic E-state index is 14.4. The molecule has 3 aliphatic carbocycles. The Kier molecular flexibility index (Phi) is 7.60. The summed E-state index contributed by atoms with van der Waals surface area (Å²) >= 11 is 0. The normalized spacial score (nSPS) is 41.2. The van der Waals surface area contributed by atoms with Crippen LogP contribution in [0.25, 0.3) is 0 Å². The van der Waals surface area contributed by atoms with E-state index in [0.717, 1.165) is 16.7 Å². The average molecular weight is 570 g/mol. The smallest absolute Gasteiger partial charge is 0.337 e. The van der Waals surface area contributed by atoms with Crippen LogP contribution in [0.5, 0.6) is 0 Å². The molecule has 8 heteroatoms. The van der Waals surface area contributed by atoms with E-state index >= 15 is 0 Å². The zero-order chi connectivity index (χ0) is 30.1. The molecule has 0 radical (unpaired) electrons. The van der Waals surface area contributed by atoms with Crippen LogP contribution in [0.15, 0.2) is 41.5 Å². The molecule has 8 nitrogen and oxygen atoms in total. The lowest BCUT2D eigenvalue weighted by atomic mass is 9.42. The topological polar surface area (TPSA) is 114 Å². The molecule has 2 saturated carbocycles. The number of ketones is 1. The van der Waals surface area contributed by atoms with Crippen LogP contribution in [0.2, 0.25) is 0 Å². The van der Waals surface area contributed by atoms with Crippen molar-refractivity contribution in [3.63, 3.8) is 0 Å². The number of carbonyl (C=O) groups is 2. The number of fused-ring (bicyclic) bond motifs is 5. The molecule has 0 amide bonds. The number of benzene rings is 1. The Morgan fingerprint density at radius 2 is 1.80 bits per heavy atom. The van der Waals surface area contributed by atoms with Crippen LogP contribution in [-0.4, -0.2) is 72.2 Å². The first-order valence-electron chi connectivity index (χ1n) is 15.0. The highest BCUT2D eigenvalue weighted by Gasteiger charge is 2.71. The fourth-order valence-electron chi connectivity index (χ4n) is 9.38. The van der Waals surface area contributed by atoms with E-state index in [4.69, 9.17) is 14.2 Å². The summed E-state index contributed by atoms with van der Waals surface area (Å²) in [6, 6.07) is 9.14. The average Bonchev–Trinajstić information content (AvgIpc) is 2.92. The Hall–Kier alpha value is -2.10. The third-order valence-corrected chi connectivity index (χ3v) is 11.5. The predicted octanol–water partition coefficient (Wildman–Crippen LogP) is 3.75. The molecule has 1 aliphatic heterocycles. The van der Waals surface area contributed by atoms with Crippen molar-refractivity contribution in [1.29, 1.82) is 0 Å². The number of Topliss-reactive ketones (excluding diaryl/α,β-unsaturated/α-hetero) is 1. The fraction of sp³-hybridized carbons (Fsp3) is 0.697. The van der Waals surface area contributed by atoms with E-state index < -0.39 is 64.0 Å². The summed E-state index contributed by atoms with van der Waals surface area (Å²) in [5.74, 6) is -1.98. The van der Waals surface area contributed by atoms with E-state index in [1.807, 2.05) is 71.9 Å². The van der Waals surface area contributed by atoms with Crippen LogP contribution < -0.4 is 5.32 Å². The number of carbonyl (C=O) groups excluding carboxylic acids is 2. The molecule has 4 aliphatic rings. The van der Waals surface area contributed by atoms with E-state index in [-0.39, 0.29) is 24.9 Å². The third kappa shape index (κ3) is 4.20. The molecule has 1 saturated heterocycles. The maximum absolute atomic E-state index is 14.4. The number of nitrogens with one attached hydrogen (secondary N) is 1. The molecule has 7 unspecified atom stereocenters. The highest BCUT2D eigenvalue weighted by molar-refractivity contribution is 5.90. The largest absolute Gasteiger partial charge is 0.456 e. The Bertz CT molecular complexity index is 1230. The van der Waals surface area contributed by atoms with Gasteiger partial charge in [0, 0.05) is 36.2 Å². The van der Waals surface area contributed by atoms with E-state index in [2.05, 4.69) is 5.32 Å². The van der Waals surface area contributed by atoms with Crippen LogP contribution in [-0.2, 0) is 23.8 Å². The predicted molar refractivity (Wildman–Crippen MR) is 154 cm³/mol. The van der Waals surface area contributed by atoms with E-state index in [9.17, 15) is 19.8 Å². The van der Waals surface area contributed by atoms with Gasteiger partial charge >= 0.3 is 5.97 Å². The van der Waals surface area contributed by atoms with Gasteiger partial charge in [-0.2, -0.15) is 0 Å². The van der Waals surface area contributed by atoms with Crippen LogP contribution >= 0.6 is 0 Å². The molecular formula is C33H47NO7. The van der Waals surface area contributed by atoms with Gasteiger partial charge in [-0.05, 0) is 49.4 Å². The molecule has 10 atom stereocenters.